The van der Waals surface area contributed by atoms with Crippen LogP contribution in [0.3, 0.4) is 0 Å². The minimum absolute atomic E-state index is 0.00796. The minimum Gasteiger partial charge on any atom is -0.507 e. The molecular formula is C9H8O4. The third-order valence-electron chi connectivity index (χ3n) is 1.60. The number of phenols is 1. The molecule has 0 aliphatic carbocycles. The second-order valence-electron chi connectivity index (χ2n) is 2.38. The zero-order chi connectivity index (χ0) is 9.68. The van der Waals surface area contributed by atoms with Crippen LogP contribution in [0, 0.1) is 0 Å². The average Bonchev–Trinajstić information content (AvgIpc) is 2.15. The molecular weight excluding hydrogens is 172 g/mol. The molecule has 1 aromatic rings. The van der Waals surface area contributed by atoms with E-state index in [1.54, 1.807) is 12.1 Å². The zero-order valence-electron chi connectivity index (χ0n) is 6.77. The smallest absolute Gasteiger partial charge is 0.293 e. The lowest BCUT2D eigenvalue weighted by Gasteiger charge is -2.04. The van der Waals surface area contributed by atoms with Gasteiger partial charge in [0, 0.05) is 5.56 Å². The van der Waals surface area contributed by atoms with Crippen LogP contribution in [0.1, 0.15) is 15.9 Å². The third kappa shape index (κ3) is 2.05. The van der Waals surface area contributed by atoms with Crippen LogP contribution in [-0.4, -0.2) is 17.9 Å². The maximum absolute atomic E-state index is 10.5. The highest BCUT2D eigenvalue weighted by Crippen LogP contribution is 2.19. The van der Waals surface area contributed by atoms with Gasteiger partial charge in [-0.25, -0.2) is 0 Å². The molecule has 0 aliphatic rings. The van der Waals surface area contributed by atoms with Crippen molar-refractivity contribution in [3.05, 3.63) is 29.3 Å². The molecule has 0 heterocycles. The highest BCUT2D eigenvalue weighted by Gasteiger charge is 2.05. The Balaban J connectivity index is 2.97. The number of hydrogen-bond acceptors (Lipinski definition) is 4. The molecule has 13 heavy (non-hydrogen) atoms. The number of benzene rings is 1. The van der Waals surface area contributed by atoms with Gasteiger partial charge in [0.25, 0.3) is 6.47 Å². The van der Waals surface area contributed by atoms with E-state index in [1.165, 1.54) is 6.07 Å². The van der Waals surface area contributed by atoms with Gasteiger partial charge in [-0.3, -0.25) is 9.59 Å². The fourth-order valence-electron chi connectivity index (χ4n) is 0.985. The Morgan fingerprint density at radius 2 is 2.15 bits per heavy atom. The van der Waals surface area contributed by atoms with Gasteiger partial charge in [0.15, 0.2) is 6.29 Å². The van der Waals surface area contributed by atoms with Crippen molar-refractivity contribution in [2.24, 2.45) is 0 Å². The number of rotatable bonds is 4. The lowest BCUT2D eigenvalue weighted by atomic mass is 10.1. The Kier molecular flexibility index (Phi) is 3.03. The van der Waals surface area contributed by atoms with Gasteiger partial charge in [-0.15, -0.1) is 0 Å². The second-order valence-corrected chi connectivity index (χ2v) is 2.38. The Labute approximate surface area is 74.8 Å². The fraction of sp³-hybridized carbons (Fsp3) is 0.111. The number of aromatic hydroxyl groups is 1. The van der Waals surface area contributed by atoms with Crippen molar-refractivity contribution in [3.8, 4) is 5.75 Å². The van der Waals surface area contributed by atoms with E-state index >= 15 is 0 Å². The van der Waals surface area contributed by atoms with E-state index in [-0.39, 0.29) is 17.9 Å². The first-order valence-corrected chi connectivity index (χ1v) is 3.61. The van der Waals surface area contributed by atoms with Crippen molar-refractivity contribution < 1.29 is 19.4 Å². The molecule has 1 rings (SSSR count). The predicted molar refractivity (Wildman–Crippen MR) is 44.3 cm³/mol. The van der Waals surface area contributed by atoms with Crippen LogP contribution in [0.5, 0.6) is 5.75 Å². The number of phenolic OH excluding ortho intramolecular Hbond substituents is 1. The molecule has 1 N–H and O–H groups in total. The van der Waals surface area contributed by atoms with Gasteiger partial charge in [0.1, 0.15) is 12.4 Å². The molecule has 0 atom stereocenters. The summed E-state index contributed by atoms with van der Waals surface area (Å²) in [7, 11) is 0. The normalized spacial score (nSPS) is 9.23. The van der Waals surface area contributed by atoms with Gasteiger partial charge in [-0.05, 0) is 6.07 Å². The zero-order valence-corrected chi connectivity index (χ0v) is 6.77. The third-order valence-corrected chi connectivity index (χ3v) is 1.60. The lowest BCUT2D eigenvalue weighted by molar-refractivity contribution is -0.129. The fourth-order valence-corrected chi connectivity index (χ4v) is 0.985. The summed E-state index contributed by atoms with van der Waals surface area (Å²) in [5.74, 6) is -0.109. The number of aldehydes is 1. The molecule has 4 heteroatoms. The van der Waals surface area contributed by atoms with E-state index in [1.807, 2.05) is 0 Å². The van der Waals surface area contributed by atoms with Crippen molar-refractivity contribution in [3.63, 3.8) is 0 Å². The van der Waals surface area contributed by atoms with Crippen LogP contribution >= 0.6 is 0 Å². The summed E-state index contributed by atoms with van der Waals surface area (Å²) in [4.78, 5) is 20.4. The summed E-state index contributed by atoms with van der Waals surface area (Å²) in [5.41, 5.74) is 0.645. The molecule has 1 aromatic carbocycles. The van der Waals surface area contributed by atoms with Crippen LogP contribution in [0.25, 0.3) is 0 Å². The second kappa shape index (κ2) is 4.25. The molecule has 0 spiro atoms. The van der Waals surface area contributed by atoms with E-state index in [0.29, 0.717) is 18.3 Å². The lowest BCUT2D eigenvalue weighted by Crippen LogP contribution is -1.96. The van der Waals surface area contributed by atoms with E-state index in [4.69, 9.17) is 0 Å². The van der Waals surface area contributed by atoms with Crippen molar-refractivity contribution in [1.82, 2.24) is 0 Å². The van der Waals surface area contributed by atoms with Crippen molar-refractivity contribution >= 4 is 12.8 Å². The summed E-state index contributed by atoms with van der Waals surface area (Å²) < 4.78 is 4.47. The molecule has 0 aliphatic heterocycles. The highest BCUT2D eigenvalue weighted by atomic mass is 16.5. The molecule has 0 aromatic heterocycles. The predicted octanol–water partition coefficient (Wildman–Crippen LogP) is 0.878. The van der Waals surface area contributed by atoms with Crippen molar-refractivity contribution in [1.29, 1.82) is 0 Å². The van der Waals surface area contributed by atoms with Crippen molar-refractivity contribution in [2.45, 2.75) is 6.61 Å². The molecule has 0 fully saturated rings. The summed E-state index contributed by atoms with van der Waals surface area (Å²) in [5, 5.41) is 9.22. The largest absolute Gasteiger partial charge is 0.507 e. The van der Waals surface area contributed by atoms with Gasteiger partial charge in [0.2, 0.25) is 0 Å². The number of carbonyl (C=O) groups is 2. The molecule has 0 radical (unpaired) electrons. The van der Waals surface area contributed by atoms with Crippen LogP contribution in [0.4, 0.5) is 0 Å². The van der Waals surface area contributed by atoms with Gasteiger partial charge < -0.3 is 9.84 Å². The Hall–Kier alpha value is -1.84. The quantitative estimate of drug-likeness (QED) is 0.698. The summed E-state index contributed by atoms with van der Waals surface area (Å²) in [6, 6.07) is 4.58. The first-order chi connectivity index (χ1) is 6.29. The van der Waals surface area contributed by atoms with Crippen LogP contribution < -0.4 is 0 Å². The summed E-state index contributed by atoms with van der Waals surface area (Å²) in [6.45, 7) is 0.282. The SMILES string of the molecule is O=COCc1cccc(O)c1C=O. The molecule has 0 bridgehead atoms. The van der Waals surface area contributed by atoms with Crippen molar-refractivity contribution in [2.75, 3.05) is 0 Å². The Bertz CT molecular complexity index is 319. The molecule has 0 amide bonds. The highest BCUT2D eigenvalue weighted by molar-refractivity contribution is 5.81. The van der Waals surface area contributed by atoms with Gasteiger partial charge in [-0.2, -0.15) is 0 Å². The first kappa shape index (κ1) is 9.25. The average molecular weight is 180 g/mol. The van der Waals surface area contributed by atoms with Crippen LogP contribution in [0.2, 0.25) is 0 Å². The van der Waals surface area contributed by atoms with Gasteiger partial charge in [0.05, 0.1) is 5.56 Å². The maximum Gasteiger partial charge on any atom is 0.293 e. The minimum atomic E-state index is -0.109. The number of ether oxygens (including phenoxy) is 1. The van der Waals surface area contributed by atoms with Gasteiger partial charge >= 0.3 is 0 Å². The number of carbonyl (C=O) groups excluding carboxylic acids is 2. The topological polar surface area (TPSA) is 63.6 Å². The van der Waals surface area contributed by atoms with E-state index in [9.17, 15) is 14.7 Å². The standard InChI is InChI=1S/C9H8O4/c10-4-8-7(5-13-6-11)2-1-3-9(8)12/h1-4,6,12H,5H2. The maximum atomic E-state index is 10.5. The first-order valence-electron chi connectivity index (χ1n) is 3.61. The Morgan fingerprint density at radius 3 is 2.77 bits per heavy atom. The molecule has 4 nitrogen and oxygen atoms in total. The van der Waals surface area contributed by atoms with Crippen LogP contribution in [0.15, 0.2) is 18.2 Å². The van der Waals surface area contributed by atoms with E-state index < -0.39 is 0 Å². The van der Waals surface area contributed by atoms with Gasteiger partial charge in [-0.1, -0.05) is 12.1 Å². The molecule has 68 valence electrons. The summed E-state index contributed by atoms with van der Waals surface area (Å²) >= 11 is 0. The monoisotopic (exact) mass is 180 g/mol. The number of hydrogen-bond donors (Lipinski definition) is 1. The molecule has 0 unspecified atom stereocenters. The molecule has 0 saturated heterocycles. The molecule has 0 saturated carbocycles. The Morgan fingerprint density at radius 1 is 1.38 bits per heavy atom. The van der Waals surface area contributed by atoms with E-state index in [2.05, 4.69) is 4.74 Å². The van der Waals surface area contributed by atoms with E-state index in [0.717, 1.165) is 0 Å². The summed E-state index contributed by atoms with van der Waals surface area (Å²) in [6.07, 6.45) is 0.527. The van der Waals surface area contributed by atoms with Crippen LogP contribution in [-0.2, 0) is 16.1 Å².